The summed E-state index contributed by atoms with van der Waals surface area (Å²) in [5, 5.41) is 11.4. The molecule has 1 unspecified atom stereocenters. The molecule has 0 spiro atoms. The number of benzene rings is 3. The molecule has 1 aliphatic carbocycles. The lowest BCUT2D eigenvalue weighted by atomic mass is 9.88. The van der Waals surface area contributed by atoms with E-state index in [1.54, 1.807) is 30.3 Å². The predicted molar refractivity (Wildman–Crippen MR) is 132 cm³/mol. The quantitative estimate of drug-likeness (QED) is 0.259. The van der Waals surface area contributed by atoms with Crippen molar-refractivity contribution in [2.75, 3.05) is 12.0 Å². The smallest absolute Gasteiger partial charge is 0.416 e. The molecule has 190 valence electrons. The summed E-state index contributed by atoms with van der Waals surface area (Å²) in [5.74, 6) is -1.71. The summed E-state index contributed by atoms with van der Waals surface area (Å²) >= 11 is 0. The molecule has 8 heteroatoms. The Morgan fingerprint density at radius 3 is 2.32 bits per heavy atom. The Balaban J connectivity index is 1.67. The molecule has 1 saturated heterocycles. The van der Waals surface area contributed by atoms with E-state index in [0.29, 0.717) is 16.9 Å². The van der Waals surface area contributed by atoms with Crippen molar-refractivity contribution in [2.45, 2.75) is 37.9 Å². The van der Waals surface area contributed by atoms with Crippen LogP contribution in [0.1, 0.15) is 46.7 Å². The average Bonchev–Trinajstić information content (AvgIpc) is 3.17. The summed E-state index contributed by atoms with van der Waals surface area (Å²) in [7, 11) is 1.47. The lowest BCUT2D eigenvalue weighted by Crippen LogP contribution is -2.29. The largest absolute Gasteiger partial charge is 0.507 e. The summed E-state index contributed by atoms with van der Waals surface area (Å²) < 4.78 is 44.8. The molecule has 2 aliphatic rings. The number of methoxy groups -OCH3 is 1. The second kappa shape index (κ2) is 9.42. The van der Waals surface area contributed by atoms with E-state index in [1.165, 1.54) is 12.7 Å². The minimum Gasteiger partial charge on any atom is -0.507 e. The fourth-order valence-electron chi connectivity index (χ4n) is 5.07. The highest BCUT2D eigenvalue weighted by atomic mass is 19.4. The van der Waals surface area contributed by atoms with Gasteiger partial charge in [0.1, 0.15) is 11.5 Å². The molecule has 1 heterocycles. The van der Waals surface area contributed by atoms with Crippen molar-refractivity contribution in [2.24, 2.45) is 0 Å². The molecule has 0 bridgehead atoms. The van der Waals surface area contributed by atoms with Gasteiger partial charge in [-0.1, -0.05) is 24.3 Å². The molecule has 1 aliphatic heterocycles. The Morgan fingerprint density at radius 2 is 1.65 bits per heavy atom. The number of Topliss-reactive ketones (excluding diaryl/α,β-unsaturated/α-hetero) is 1. The number of fused-ring (bicyclic) bond motifs is 1. The van der Waals surface area contributed by atoms with E-state index in [1.807, 2.05) is 12.1 Å². The molecule has 0 aromatic heterocycles. The third-order valence-electron chi connectivity index (χ3n) is 6.95. The van der Waals surface area contributed by atoms with Gasteiger partial charge in [-0.05, 0) is 84.8 Å². The fourth-order valence-corrected chi connectivity index (χ4v) is 5.07. The second-order valence-corrected chi connectivity index (χ2v) is 9.18. The third kappa shape index (κ3) is 4.48. The van der Waals surface area contributed by atoms with Crippen LogP contribution in [0.4, 0.5) is 18.9 Å². The normalized spacial score (nSPS) is 19.1. The van der Waals surface area contributed by atoms with Crippen LogP contribution in [-0.2, 0) is 28.6 Å². The van der Waals surface area contributed by atoms with E-state index in [0.717, 1.165) is 60.4 Å². The van der Waals surface area contributed by atoms with Gasteiger partial charge in [0.25, 0.3) is 11.7 Å². The lowest BCUT2D eigenvalue weighted by Gasteiger charge is -2.26. The molecule has 1 amide bonds. The van der Waals surface area contributed by atoms with Crippen LogP contribution in [0.5, 0.6) is 5.75 Å². The molecular weight excluding hydrogens is 483 g/mol. The number of nitrogens with zero attached hydrogens (tertiary/aromatic N) is 1. The van der Waals surface area contributed by atoms with Gasteiger partial charge in [0.15, 0.2) is 0 Å². The first kappa shape index (κ1) is 24.6. The summed E-state index contributed by atoms with van der Waals surface area (Å²) in [5.41, 5.74) is 2.26. The third-order valence-corrected chi connectivity index (χ3v) is 6.95. The van der Waals surface area contributed by atoms with Crippen LogP contribution in [-0.4, -0.2) is 23.9 Å². The first-order valence-electron chi connectivity index (χ1n) is 11.9. The average molecular weight is 508 g/mol. The topological polar surface area (TPSA) is 66.8 Å². The molecule has 3 aromatic carbocycles. The second-order valence-electron chi connectivity index (χ2n) is 9.18. The number of anilines is 1. The number of aryl methyl sites for hydroxylation is 2. The number of rotatable bonds is 4. The fraction of sp³-hybridized carbons (Fsp3) is 0.241. The zero-order chi connectivity index (χ0) is 26.3. The van der Waals surface area contributed by atoms with Crippen LogP contribution in [0, 0.1) is 0 Å². The van der Waals surface area contributed by atoms with Crippen LogP contribution in [0.3, 0.4) is 0 Å². The van der Waals surface area contributed by atoms with Gasteiger partial charge >= 0.3 is 6.18 Å². The van der Waals surface area contributed by atoms with Crippen LogP contribution >= 0.6 is 0 Å². The number of alkyl halides is 3. The van der Waals surface area contributed by atoms with Crippen molar-refractivity contribution < 1.29 is 32.6 Å². The maximum Gasteiger partial charge on any atom is 0.416 e. The van der Waals surface area contributed by atoms with E-state index in [2.05, 4.69) is 0 Å². The Hall–Kier alpha value is -4.07. The minimum atomic E-state index is -4.55. The van der Waals surface area contributed by atoms with E-state index in [-0.39, 0.29) is 17.0 Å². The van der Waals surface area contributed by atoms with Crippen LogP contribution < -0.4 is 9.64 Å². The van der Waals surface area contributed by atoms with Crippen molar-refractivity contribution in [1.82, 2.24) is 0 Å². The van der Waals surface area contributed by atoms with E-state index in [4.69, 9.17) is 4.74 Å². The highest BCUT2D eigenvalue weighted by molar-refractivity contribution is 6.51. The highest BCUT2D eigenvalue weighted by Crippen LogP contribution is 2.43. The monoisotopic (exact) mass is 507 g/mol. The minimum absolute atomic E-state index is 0.104. The molecule has 1 fully saturated rings. The number of ether oxygens (including phenoxy) is 1. The first-order chi connectivity index (χ1) is 17.7. The van der Waals surface area contributed by atoms with Gasteiger partial charge in [-0.25, -0.2) is 0 Å². The maximum atomic E-state index is 13.3. The van der Waals surface area contributed by atoms with Crippen LogP contribution in [0.2, 0.25) is 0 Å². The van der Waals surface area contributed by atoms with Crippen molar-refractivity contribution >= 4 is 23.1 Å². The molecule has 1 N–H and O–H groups in total. The number of carbonyl (C=O) groups is 2. The summed E-state index contributed by atoms with van der Waals surface area (Å²) in [6.07, 6.45) is -0.634. The zero-order valence-electron chi connectivity index (χ0n) is 20.0. The highest BCUT2D eigenvalue weighted by Gasteiger charge is 2.47. The van der Waals surface area contributed by atoms with E-state index in [9.17, 15) is 27.9 Å². The number of aliphatic hydroxyl groups is 1. The summed E-state index contributed by atoms with van der Waals surface area (Å²) in [6.45, 7) is 0. The number of ketones is 1. The van der Waals surface area contributed by atoms with E-state index < -0.39 is 29.5 Å². The number of halogens is 3. The van der Waals surface area contributed by atoms with Crippen LogP contribution in [0.25, 0.3) is 5.76 Å². The Labute approximate surface area is 211 Å². The van der Waals surface area contributed by atoms with Crippen LogP contribution in [0.15, 0.2) is 72.3 Å². The van der Waals surface area contributed by atoms with Crippen molar-refractivity contribution in [1.29, 1.82) is 0 Å². The van der Waals surface area contributed by atoms with E-state index >= 15 is 0 Å². The number of aliphatic hydroxyl groups excluding tert-OH is 1. The number of hydrogen-bond donors (Lipinski definition) is 1. The molecule has 0 radical (unpaired) electrons. The molecule has 37 heavy (non-hydrogen) atoms. The first-order valence-corrected chi connectivity index (χ1v) is 11.9. The number of amides is 1. The van der Waals surface area contributed by atoms with Crippen molar-refractivity contribution in [3.63, 3.8) is 0 Å². The molecular formula is C29H24F3NO4. The van der Waals surface area contributed by atoms with Gasteiger partial charge in [-0.3, -0.25) is 14.5 Å². The van der Waals surface area contributed by atoms with Gasteiger partial charge in [-0.2, -0.15) is 13.2 Å². The zero-order valence-corrected chi connectivity index (χ0v) is 20.0. The molecule has 5 nitrogen and oxygen atoms in total. The Bertz CT molecular complexity index is 1410. The SMILES string of the molecule is COc1cccc(C2/C(=C(/O)c3ccc4c(c3)CCCC4)C(=O)C(=O)N2c2ccc(C(F)(F)F)cc2)c1. The van der Waals surface area contributed by atoms with Gasteiger partial charge in [0, 0.05) is 11.3 Å². The molecule has 3 aromatic rings. The number of carbonyl (C=O) groups excluding carboxylic acids is 2. The van der Waals surface area contributed by atoms with Gasteiger partial charge in [-0.15, -0.1) is 0 Å². The lowest BCUT2D eigenvalue weighted by molar-refractivity contribution is -0.137. The summed E-state index contributed by atoms with van der Waals surface area (Å²) in [6, 6.07) is 15.1. The number of hydrogen-bond acceptors (Lipinski definition) is 4. The molecule has 0 saturated carbocycles. The summed E-state index contributed by atoms with van der Waals surface area (Å²) in [4.78, 5) is 27.7. The molecule has 1 atom stereocenters. The van der Waals surface area contributed by atoms with Crippen molar-refractivity contribution in [3.8, 4) is 5.75 Å². The molecule has 5 rings (SSSR count). The van der Waals surface area contributed by atoms with Gasteiger partial charge in [0.05, 0.1) is 24.3 Å². The van der Waals surface area contributed by atoms with Gasteiger partial charge < -0.3 is 9.84 Å². The van der Waals surface area contributed by atoms with Crippen molar-refractivity contribution in [3.05, 3.63) is 100 Å². The Morgan fingerprint density at radius 1 is 0.946 bits per heavy atom. The van der Waals surface area contributed by atoms with Gasteiger partial charge in [0.2, 0.25) is 0 Å². The standard InChI is InChI=1S/C29H24F3NO4/c1-37-23-8-4-7-19(16-23)25-24(26(34)20-10-9-17-5-2-3-6-18(17)15-20)27(35)28(36)33(25)22-13-11-21(12-14-22)29(30,31)32/h4,7-16,25,34H,2-3,5-6H2,1H3/b26-24-. The Kier molecular flexibility index (Phi) is 6.27. The predicted octanol–water partition coefficient (Wildman–Crippen LogP) is 6.22. The maximum absolute atomic E-state index is 13.3.